The molecule has 3 aromatic heterocycles. The monoisotopic (exact) mass is 389 g/mol. The van der Waals surface area contributed by atoms with Crippen molar-refractivity contribution in [2.45, 2.75) is 50.6 Å². The number of nitrogens with one attached hydrogen (secondary N) is 1. The van der Waals surface area contributed by atoms with Gasteiger partial charge >= 0.3 is 0 Å². The van der Waals surface area contributed by atoms with Gasteiger partial charge in [0.15, 0.2) is 5.82 Å². The fourth-order valence-electron chi connectivity index (χ4n) is 4.49. The lowest BCUT2D eigenvalue weighted by molar-refractivity contribution is 0.192. The number of piperidine rings is 2. The van der Waals surface area contributed by atoms with Crippen LogP contribution < -0.4 is 5.32 Å². The summed E-state index contributed by atoms with van der Waals surface area (Å²) in [7, 11) is 0. The molecule has 2 fully saturated rings. The first kappa shape index (κ1) is 17.9. The third kappa shape index (κ3) is 3.63. The lowest BCUT2D eigenvalue weighted by atomic mass is 9.75. The van der Waals surface area contributed by atoms with E-state index in [9.17, 15) is 5.11 Å². The molecule has 2 aliphatic heterocycles. The SMILES string of the molecule is C[C@]12CCC[C@H](C/C(=C\c3ncc(-c4cnc(-n5ccnc5)cc4O)nn3)C1)N2. The zero-order valence-corrected chi connectivity index (χ0v) is 16.3. The fourth-order valence-corrected chi connectivity index (χ4v) is 4.49. The van der Waals surface area contributed by atoms with E-state index in [-0.39, 0.29) is 11.3 Å². The third-order valence-electron chi connectivity index (χ3n) is 5.78. The Morgan fingerprint density at radius 3 is 2.93 bits per heavy atom. The lowest BCUT2D eigenvalue weighted by Gasteiger charge is -2.45. The van der Waals surface area contributed by atoms with Gasteiger partial charge < -0.3 is 10.4 Å². The van der Waals surface area contributed by atoms with E-state index in [1.807, 2.05) is 0 Å². The molecule has 2 atom stereocenters. The summed E-state index contributed by atoms with van der Waals surface area (Å²) in [6.45, 7) is 2.30. The normalized spacial score (nSPS) is 25.3. The first-order valence-corrected chi connectivity index (χ1v) is 9.93. The van der Waals surface area contributed by atoms with Crippen molar-refractivity contribution in [1.82, 2.24) is 35.0 Å². The van der Waals surface area contributed by atoms with Crippen LogP contribution in [0.1, 0.15) is 44.9 Å². The predicted octanol–water partition coefficient (Wildman–Crippen LogP) is 2.90. The summed E-state index contributed by atoms with van der Waals surface area (Å²) in [5.41, 5.74) is 2.55. The van der Waals surface area contributed by atoms with Crippen molar-refractivity contribution in [3.63, 3.8) is 0 Å². The number of fused-ring (bicyclic) bond motifs is 2. The van der Waals surface area contributed by atoms with Gasteiger partial charge in [-0.05, 0) is 38.7 Å². The zero-order valence-electron chi connectivity index (χ0n) is 16.3. The maximum Gasteiger partial charge on any atom is 0.174 e. The zero-order chi connectivity index (χ0) is 19.8. The number of rotatable bonds is 3. The summed E-state index contributed by atoms with van der Waals surface area (Å²) >= 11 is 0. The molecular formula is C21H23N7O. The van der Waals surface area contributed by atoms with E-state index in [0.717, 1.165) is 12.8 Å². The van der Waals surface area contributed by atoms with Crippen molar-refractivity contribution < 1.29 is 5.11 Å². The Labute approximate surface area is 168 Å². The molecule has 29 heavy (non-hydrogen) atoms. The number of hydrogen-bond donors (Lipinski definition) is 2. The van der Waals surface area contributed by atoms with E-state index in [0.29, 0.717) is 28.9 Å². The summed E-state index contributed by atoms with van der Waals surface area (Å²) in [5.74, 6) is 1.26. The largest absolute Gasteiger partial charge is 0.507 e. The molecule has 0 spiro atoms. The average molecular weight is 389 g/mol. The van der Waals surface area contributed by atoms with Crippen LogP contribution in [0, 0.1) is 0 Å². The molecule has 0 aromatic carbocycles. The van der Waals surface area contributed by atoms with Gasteiger partial charge in [-0.2, -0.15) is 0 Å². The molecule has 0 radical (unpaired) electrons. The summed E-state index contributed by atoms with van der Waals surface area (Å²) in [4.78, 5) is 12.8. The van der Waals surface area contributed by atoms with E-state index < -0.39 is 0 Å². The van der Waals surface area contributed by atoms with E-state index >= 15 is 0 Å². The average Bonchev–Trinajstić information content (AvgIpc) is 3.23. The number of nitrogens with zero attached hydrogens (tertiary/aromatic N) is 6. The Morgan fingerprint density at radius 2 is 2.21 bits per heavy atom. The molecule has 8 nitrogen and oxygen atoms in total. The highest BCUT2D eigenvalue weighted by molar-refractivity contribution is 5.66. The number of pyridine rings is 1. The molecule has 0 amide bonds. The maximum atomic E-state index is 10.4. The number of hydrogen-bond acceptors (Lipinski definition) is 7. The highest BCUT2D eigenvalue weighted by Crippen LogP contribution is 2.37. The minimum atomic E-state index is 0.0741. The fraction of sp³-hybridized carbons (Fsp3) is 0.381. The van der Waals surface area contributed by atoms with Crippen LogP contribution in [0.2, 0.25) is 0 Å². The Kier molecular flexibility index (Phi) is 4.35. The van der Waals surface area contributed by atoms with Crippen molar-refractivity contribution in [1.29, 1.82) is 0 Å². The molecule has 0 aliphatic carbocycles. The van der Waals surface area contributed by atoms with Crippen LogP contribution in [0.5, 0.6) is 5.75 Å². The van der Waals surface area contributed by atoms with Gasteiger partial charge in [0.2, 0.25) is 0 Å². The second kappa shape index (κ2) is 7.04. The molecule has 5 rings (SSSR count). The molecule has 3 aromatic rings. The molecule has 2 bridgehead atoms. The van der Waals surface area contributed by atoms with Crippen LogP contribution in [-0.4, -0.2) is 46.4 Å². The van der Waals surface area contributed by atoms with Crippen LogP contribution in [0.15, 0.2) is 42.8 Å². The molecule has 8 heteroatoms. The van der Waals surface area contributed by atoms with Crippen molar-refractivity contribution in [3.8, 4) is 22.8 Å². The molecule has 5 heterocycles. The minimum Gasteiger partial charge on any atom is -0.507 e. The summed E-state index contributed by atoms with van der Waals surface area (Å²) in [6.07, 6.45) is 16.1. The van der Waals surface area contributed by atoms with E-state index in [2.05, 4.69) is 43.5 Å². The summed E-state index contributed by atoms with van der Waals surface area (Å²) in [6, 6.07) is 2.13. The lowest BCUT2D eigenvalue weighted by Crippen LogP contribution is -2.55. The van der Waals surface area contributed by atoms with E-state index in [1.54, 1.807) is 41.7 Å². The molecule has 2 N–H and O–H groups in total. The van der Waals surface area contributed by atoms with Crippen molar-refractivity contribution >= 4 is 6.08 Å². The molecule has 2 saturated heterocycles. The van der Waals surface area contributed by atoms with Gasteiger partial charge in [-0.25, -0.2) is 15.0 Å². The Hall–Kier alpha value is -3.13. The highest BCUT2D eigenvalue weighted by atomic mass is 16.3. The van der Waals surface area contributed by atoms with Crippen molar-refractivity contribution in [3.05, 3.63) is 48.6 Å². The minimum absolute atomic E-state index is 0.0741. The van der Waals surface area contributed by atoms with Gasteiger partial charge in [-0.3, -0.25) is 4.57 Å². The van der Waals surface area contributed by atoms with Gasteiger partial charge in [-0.1, -0.05) is 12.0 Å². The van der Waals surface area contributed by atoms with Crippen molar-refractivity contribution in [2.24, 2.45) is 0 Å². The number of aromatic nitrogens is 6. The quantitative estimate of drug-likeness (QED) is 0.710. The molecule has 0 saturated carbocycles. The second-order valence-corrected chi connectivity index (χ2v) is 8.21. The van der Waals surface area contributed by atoms with Crippen molar-refractivity contribution in [2.75, 3.05) is 0 Å². The van der Waals surface area contributed by atoms with Gasteiger partial charge in [0.25, 0.3) is 0 Å². The van der Waals surface area contributed by atoms with Gasteiger partial charge in [0.1, 0.15) is 23.6 Å². The van der Waals surface area contributed by atoms with Crippen LogP contribution in [0.4, 0.5) is 0 Å². The van der Waals surface area contributed by atoms with E-state index in [4.69, 9.17) is 0 Å². The first-order valence-electron chi connectivity index (χ1n) is 9.93. The Bertz CT molecular complexity index is 1050. The molecule has 2 aliphatic rings. The Morgan fingerprint density at radius 1 is 1.28 bits per heavy atom. The highest BCUT2D eigenvalue weighted by Gasteiger charge is 2.36. The number of aromatic hydroxyl groups is 1. The van der Waals surface area contributed by atoms with Gasteiger partial charge in [-0.15, -0.1) is 10.2 Å². The molecule has 148 valence electrons. The number of imidazole rings is 1. The summed E-state index contributed by atoms with van der Waals surface area (Å²) in [5, 5.41) is 22.7. The molecular weight excluding hydrogens is 366 g/mol. The Balaban J connectivity index is 1.37. The van der Waals surface area contributed by atoms with Crippen LogP contribution in [0.3, 0.4) is 0 Å². The second-order valence-electron chi connectivity index (χ2n) is 8.21. The van der Waals surface area contributed by atoms with Gasteiger partial charge in [0, 0.05) is 36.2 Å². The molecule has 0 unspecified atom stereocenters. The standard InChI is InChI=1S/C21H23N7O/c1-21-4-2-3-15(25-21)7-14(10-21)8-19-23-12-17(26-27-19)16-11-24-20(9-18(16)29)28-6-5-22-13-28/h5-6,8-9,11-13,15,25H,2-4,7,10H2,1H3,(H,24,29)/b14-8+/t15-,21+/m1/s1. The van der Waals surface area contributed by atoms with Crippen LogP contribution in [-0.2, 0) is 0 Å². The third-order valence-corrected chi connectivity index (χ3v) is 5.78. The van der Waals surface area contributed by atoms with Gasteiger partial charge in [0.05, 0.1) is 11.8 Å². The smallest absolute Gasteiger partial charge is 0.174 e. The topological polar surface area (TPSA) is 102 Å². The summed E-state index contributed by atoms with van der Waals surface area (Å²) < 4.78 is 1.72. The first-order chi connectivity index (χ1) is 14.1. The predicted molar refractivity (Wildman–Crippen MR) is 108 cm³/mol. The van der Waals surface area contributed by atoms with E-state index in [1.165, 1.54) is 24.8 Å². The van der Waals surface area contributed by atoms with Crippen LogP contribution >= 0.6 is 0 Å². The van der Waals surface area contributed by atoms with Crippen LogP contribution in [0.25, 0.3) is 23.2 Å². The maximum absolute atomic E-state index is 10.4.